The first kappa shape index (κ1) is 9.52. The molecule has 0 atom stereocenters. The van der Waals surface area contributed by atoms with Gasteiger partial charge in [0.1, 0.15) is 11.6 Å². The van der Waals surface area contributed by atoms with Gasteiger partial charge < -0.3 is 4.74 Å². The van der Waals surface area contributed by atoms with Crippen molar-refractivity contribution in [2.45, 2.75) is 12.3 Å². The Morgan fingerprint density at radius 1 is 1.42 bits per heavy atom. The van der Waals surface area contributed by atoms with E-state index in [1.54, 1.807) is 0 Å². The largest absolute Gasteiger partial charge is 0.494 e. The molecule has 0 amide bonds. The Kier molecular flexibility index (Phi) is 3.53. The molecule has 0 unspecified atom stereocenters. The lowest BCUT2D eigenvalue weighted by atomic mass is 10.2. The summed E-state index contributed by atoms with van der Waals surface area (Å²) < 4.78 is 18.0. The molecule has 0 aliphatic heterocycles. The molecule has 66 valence electrons. The summed E-state index contributed by atoms with van der Waals surface area (Å²) in [7, 11) is 0. The van der Waals surface area contributed by atoms with E-state index in [4.69, 9.17) is 4.74 Å². The second kappa shape index (κ2) is 4.45. The van der Waals surface area contributed by atoms with Crippen LogP contribution >= 0.6 is 15.9 Å². The van der Waals surface area contributed by atoms with Crippen LogP contribution in [0, 0.1) is 5.82 Å². The van der Waals surface area contributed by atoms with Crippen LogP contribution in [0.5, 0.6) is 5.75 Å². The van der Waals surface area contributed by atoms with Crippen LogP contribution in [0.3, 0.4) is 0 Å². The summed E-state index contributed by atoms with van der Waals surface area (Å²) in [4.78, 5) is 0. The van der Waals surface area contributed by atoms with Crippen LogP contribution in [-0.2, 0) is 5.33 Å². The van der Waals surface area contributed by atoms with E-state index in [0.717, 1.165) is 5.56 Å². The second-order valence-corrected chi connectivity index (χ2v) is 2.92. The quantitative estimate of drug-likeness (QED) is 0.729. The number of benzene rings is 1. The molecule has 0 saturated heterocycles. The molecule has 1 aromatic rings. The predicted molar refractivity (Wildman–Crippen MR) is 50.2 cm³/mol. The molecular weight excluding hydrogens is 223 g/mol. The Bertz CT molecular complexity index is 263. The molecule has 0 radical (unpaired) electrons. The molecule has 0 bridgehead atoms. The molecule has 1 aromatic carbocycles. The van der Waals surface area contributed by atoms with Crippen LogP contribution in [0.25, 0.3) is 0 Å². The van der Waals surface area contributed by atoms with Gasteiger partial charge in [-0.05, 0) is 24.6 Å². The molecule has 0 aliphatic rings. The molecule has 3 heteroatoms. The van der Waals surface area contributed by atoms with Crippen LogP contribution in [0.1, 0.15) is 12.5 Å². The highest BCUT2D eigenvalue weighted by Gasteiger charge is 1.99. The van der Waals surface area contributed by atoms with Crippen molar-refractivity contribution in [3.8, 4) is 5.75 Å². The van der Waals surface area contributed by atoms with Crippen LogP contribution < -0.4 is 4.74 Å². The summed E-state index contributed by atoms with van der Waals surface area (Å²) in [6.45, 7) is 2.43. The molecule has 1 rings (SSSR count). The van der Waals surface area contributed by atoms with Gasteiger partial charge in [-0.2, -0.15) is 0 Å². The van der Waals surface area contributed by atoms with Gasteiger partial charge in [0, 0.05) is 11.4 Å². The van der Waals surface area contributed by atoms with E-state index in [0.29, 0.717) is 17.7 Å². The molecular formula is C9H10BrFO. The van der Waals surface area contributed by atoms with E-state index < -0.39 is 0 Å². The van der Waals surface area contributed by atoms with E-state index in [-0.39, 0.29) is 5.82 Å². The van der Waals surface area contributed by atoms with Crippen molar-refractivity contribution in [1.82, 2.24) is 0 Å². The molecule has 0 heterocycles. The van der Waals surface area contributed by atoms with Crippen LogP contribution in [0.2, 0.25) is 0 Å². The minimum absolute atomic E-state index is 0.254. The smallest absolute Gasteiger partial charge is 0.127 e. The maximum absolute atomic E-state index is 12.8. The zero-order valence-electron chi connectivity index (χ0n) is 6.81. The Morgan fingerprint density at radius 2 is 2.17 bits per heavy atom. The predicted octanol–water partition coefficient (Wildman–Crippen LogP) is 3.12. The zero-order chi connectivity index (χ0) is 8.97. The summed E-state index contributed by atoms with van der Waals surface area (Å²) in [6, 6.07) is 4.69. The van der Waals surface area contributed by atoms with E-state index in [9.17, 15) is 4.39 Å². The van der Waals surface area contributed by atoms with Gasteiger partial charge in [-0.1, -0.05) is 15.9 Å². The minimum atomic E-state index is -0.254. The average molecular weight is 233 g/mol. The van der Waals surface area contributed by atoms with Gasteiger partial charge >= 0.3 is 0 Å². The molecule has 0 aromatic heterocycles. The van der Waals surface area contributed by atoms with Gasteiger partial charge in [-0.15, -0.1) is 0 Å². The third kappa shape index (κ3) is 2.48. The number of ether oxygens (including phenoxy) is 1. The van der Waals surface area contributed by atoms with Crippen molar-refractivity contribution in [2.24, 2.45) is 0 Å². The van der Waals surface area contributed by atoms with Gasteiger partial charge in [-0.3, -0.25) is 0 Å². The molecule has 0 N–H and O–H groups in total. The molecule has 0 aliphatic carbocycles. The molecule has 12 heavy (non-hydrogen) atoms. The Morgan fingerprint density at radius 3 is 2.75 bits per heavy atom. The standard InChI is InChI=1S/C9H10BrFO/c1-2-12-9-4-7(6-10)3-8(11)5-9/h3-5H,2,6H2,1H3. The number of halogens is 2. The van der Waals surface area contributed by atoms with Gasteiger partial charge in [0.05, 0.1) is 6.61 Å². The Balaban J connectivity index is 2.90. The van der Waals surface area contributed by atoms with Crippen molar-refractivity contribution >= 4 is 15.9 Å². The van der Waals surface area contributed by atoms with Crippen molar-refractivity contribution in [3.63, 3.8) is 0 Å². The first-order chi connectivity index (χ1) is 5.76. The summed E-state index contributed by atoms with van der Waals surface area (Å²) in [6.07, 6.45) is 0. The summed E-state index contributed by atoms with van der Waals surface area (Å²) >= 11 is 3.25. The maximum Gasteiger partial charge on any atom is 0.127 e. The Labute approximate surface area is 79.7 Å². The fraction of sp³-hybridized carbons (Fsp3) is 0.333. The lowest BCUT2D eigenvalue weighted by Gasteiger charge is -2.04. The van der Waals surface area contributed by atoms with E-state index in [1.807, 2.05) is 13.0 Å². The highest BCUT2D eigenvalue weighted by Crippen LogP contribution is 2.18. The minimum Gasteiger partial charge on any atom is -0.494 e. The van der Waals surface area contributed by atoms with Gasteiger partial charge in [0.15, 0.2) is 0 Å². The molecule has 0 saturated carbocycles. The number of hydrogen-bond acceptors (Lipinski definition) is 1. The zero-order valence-corrected chi connectivity index (χ0v) is 8.40. The third-order valence-electron chi connectivity index (χ3n) is 1.40. The number of rotatable bonds is 3. The first-order valence-electron chi connectivity index (χ1n) is 3.74. The normalized spacial score (nSPS) is 9.92. The Hall–Kier alpha value is -0.570. The molecule has 0 fully saturated rings. The van der Waals surface area contributed by atoms with Gasteiger partial charge in [0.2, 0.25) is 0 Å². The average Bonchev–Trinajstić information content (AvgIpc) is 2.04. The fourth-order valence-electron chi connectivity index (χ4n) is 0.948. The fourth-order valence-corrected chi connectivity index (χ4v) is 1.27. The van der Waals surface area contributed by atoms with Crippen LogP contribution in [-0.4, -0.2) is 6.61 Å². The highest BCUT2D eigenvalue weighted by molar-refractivity contribution is 9.08. The number of alkyl halides is 1. The van der Waals surface area contributed by atoms with Crippen LogP contribution in [0.15, 0.2) is 18.2 Å². The number of hydrogen-bond donors (Lipinski definition) is 0. The second-order valence-electron chi connectivity index (χ2n) is 2.36. The van der Waals surface area contributed by atoms with E-state index in [2.05, 4.69) is 15.9 Å². The van der Waals surface area contributed by atoms with Crippen molar-refractivity contribution < 1.29 is 9.13 Å². The maximum atomic E-state index is 12.8. The topological polar surface area (TPSA) is 9.23 Å². The molecule has 0 spiro atoms. The van der Waals surface area contributed by atoms with Crippen molar-refractivity contribution in [3.05, 3.63) is 29.6 Å². The lowest BCUT2D eigenvalue weighted by molar-refractivity contribution is 0.338. The van der Waals surface area contributed by atoms with Gasteiger partial charge in [0.25, 0.3) is 0 Å². The summed E-state index contributed by atoms with van der Waals surface area (Å²) in [5, 5.41) is 0.644. The lowest BCUT2D eigenvalue weighted by Crippen LogP contribution is -1.93. The summed E-state index contributed by atoms with van der Waals surface area (Å²) in [5.41, 5.74) is 0.887. The van der Waals surface area contributed by atoms with E-state index in [1.165, 1.54) is 12.1 Å². The monoisotopic (exact) mass is 232 g/mol. The highest BCUT2D eigenvalue weighted by atomic mass is 79.9. The third-order valence-corrected chi connectivity index (χ3v) is 2.04. The first-order valence-corrected chi connectivity index (χ1v) is 4.86. The SMILES string of the molecule is CCOc1cc(F)cc(CBr)c1. The summed E-state index contributed by atoms with van der Waals surface area (Å²) in [5.74, 6) is 0.336. The van der Waals surface area contributed by atoms with Gasteiger partial charge in [-0.25, -0.2) is 4.39 Å². The van der Waals surface area contributed by atoms with Crippen molar-refractivity contribution in [1.29, 1.82) is 0 Å². The molecule has 1 nitrogen and oxygen atoms in total. The van der Waals surface area contributed by atoms with Crippen LogP contribution in [0.4, 0.5) is 4.39 Å². The van der Waals surface area contributed by atoms with Crippen molar-refractivity contribution in [2.75, 3.05) is 6.61 Å². The van der Waals surface area contributed by atoms with E-state index >= 15 is 0 Å².